The molecule has 5 nitrogen and oxygen atoms in total. The number of nitrogens with zero attached hydrogens (tertiary/aromatic N) is 4. The third-order valence-corrected chi connectivity index (χ3v) is 6.30. The Labute approximate surface area is 174 Å². The van der Waals surface area contributed by atoms with Gasteiger partial charge in [-0.25, -0.2) is 9.37 Å². The SMILES string of the molecule is CN(Cc1ccc(F)cc1)C(=O)CN1CCN(Cc2nc3ccccc3s2)CC1. The van der Waals surface area contributed by atoms with Gasteiger partial charge in [0, 0.05) is 39.8 Å². The highest BCUT2D eigenvalue weighted by Gasteiger charge is 2.21. The van der Waals surface area contributed by atoms with Crippen molar-refractivity contribution < 1.29 is 9.18 Å². The highest BCUT2D eigenvalue weighted by Crippen LogP contribution is 2.23. The first kappa shape index (κ1) is 19.9. The summed E-state index contributed by atoms with van der Waals surface area (Å²) in [5, 5.41) is 1.15. The molecule has 0 spiro atoms. The Morgan fingerprint density at radius 2 is 1.76 bits per heavy atom. The lowest BCUT2D eigenvalue weighted by atomic mass is 10.2. The number of hydrogen-bond donors (Lipinski definition) is 0. The summed E-state index contributed by atoms with van der Waals surface area (Å²) in [5.41, 5.74) is 2.00. The summed E-state index contributed by atoms with van der Waals surface area (Å²) in [6.07, 6.45) is 0. The second kappa shape index (κ2) is 8.98. The monoisotopic (exact) mass is 412 g/mol. The Morgan fingerprint density at radius 1 is 1.07 bits per heavy atom. The van der Waals surface area contributed by atoms with Gasteiger partial charge in [-0.15, -0.1) is 11.3 Å². The number of para-hydroxylation sites is 1. The number of halogens is 1. The first-order chi connectivity index (χ1) is 14.1. The van der Waals surface area contributed by atoms with E-state index in [1.165, 1.54) is 16.8 Å². The maximum absolute atomic E-state index is 13.0. The molecule has 0 aliphatic carbocycles. The number of amides is 1. The average molecular weight is 413 g/mol. The second-order valence-electron chi connectivity index (χ2n) is 7.50. The van der Waals surface area contributed by atoms with E-state index in [4.69, 9.17) is 4.98 Å². The maximum Gasteiger partial charge on any atom is 0.236 e. The van der Waals surface area contributed by atoms with Crippen LogP contribution in [0.2, 0.25) is 0 Å². The van der Waals surface area contributed by atoms with Crippen molar-refractivity contribution in [1.29, 1.82) is 0 Å². The molecule has 1 saturated heterocycles. The fourth-order valence-electron chi connectivity index (χ4n) is 3.55. The Bertz CT molecular complexity index is 933. The zero-order valence-electron chi connectivity index (χ0n) is 16.6. The average Bonchev–Trinajstić information content (AvgIpc) is 3.13. The van der Waals surface area contributed by atoms with E-state index in [1.807, 2.05) is 12.1 Å². The first-order valence-electron chi connectivity index (χ1n) is 9.84. The predicted octanol–water partition coefficient (Wildman–Crippen LogP) is 3.21. The first-order valence-corrected chi connectivity index (χ1v) is 10.7. The van der Waals surface area contributed by atoms with Crippen LogP contribution in [0.4, 0.5) is 4.39 Å². The molecule has 0 radical (unpaired) electrons. The van der Waals surface area contributed by atoms with Crippen LogP contribution in [-0.2, 0) is 17.9 Å². The molecule has 0 bridgehead atoms. The molecule has 29 heavy (non-hydrogen) atoms. The molecule has 2 aromatic carbocycles. The van der Waals surface area contributed by atoms with Gasteiger partial charge in [-0.05, 0) is 29.8 Å². The molecule has 152 valence electrons. The lowest BCUT2D eigenvalue weighted by Crippen LogP contribution is -2.49. The van der Waals surface area contributed by atoms with Crippen LogP contribution >= 0.6 is 11.3 Å². The molecular weight excluding hydrogens is 387 g/mol. The number of aromatic nitrogens is 1. The van der Waals surface area contributed by atoms with Gasteiger partial charge in [0.1, 0.15) is 10.8 Å². The van der Waals surface area contributed by atoms with Crippen LogP contribution in [0, 0.1) is 5.82 Å². The van der Waals surface area contributed by atoms with Crippen molar-refractivity contribution in [1.82, 2.24) is 19.7 Å². The molecule has 1 fully saturated rings. The normalized spacial score (nSPS) is 15.7. The highest BCUT2D eigenvalue weighted by atomic mass is 32.1. The highest BCUT2D eigenvalue weighted by molar-refractivity contribution is 7.18. The minimum absolute atomic E-state index is 0.0916. The van der Waals surface area contributed by atoms with Gasteiger partial charge in [0.25, 0.3) is 0 Å². The topological polar surface area (TPSA) is 39.7 Å². The van der Waals surface area contributed by atoms with E-state index in [0.717, 1.165) is 48.8 Å². The lowest BCUT2D eigenvalue weighted by Gasteiger charge is -2.34. The Kier molecular flexibility index (Phi) is 6.18. The number of carbonyl (C=O) groups excluding carboxylic acids is 1. The molecule has 1 amide bonds. The van der Waals surface area contributed by atoms with E-state index in [9.17, 15) is 9.18 Å². The Hall–Kier alpha value is -2.35. The van der Waals surface area contributed by atoms with Crippen LogP contribution in [0.5, 0.6) is 0 Å². The minimum atomic E-state index is -0.258. The van der Waals surface area contributed by atoms with Crippen molar-refractivity contribution >= 4 is 27.5 Å². The summed E-state index contributed by atoms with van der Waals surface area (Å²) in [7, 11) is 1.80. The third kappa shape index (κ3) is 5.18. The number of carbonyl (C=O) groups is 1. The van der Waals surface area contributed by atoms with Gasteiger partial charge in [0.2, 0.25) is 5.91 Å². The van der Waals surface area contributed by atoms with Gasteiger partial charge in [0.05, 0.1) is 23.3 Å². The van der Waals surface area contributed by atoms with Gasteiger partial charge in [-0.2, -0.15) is 0 Å². The van der Waals surface area contributed by atoms with Crippen molar-refractivity contribution in [3.05, 3.63) is 64.9 Å². The zero-order chi connectivity index (χ0) is 20.2. The second-order valence-corrected chi connectivity index (χ2v) is 8.62. The van der Waals surface area contributed by atoms with E-state index < -0.39 is 0 Å². The maximum atomic E-state index is 13.0. The molecular formula is C22H25FN4OS. The molecule has 0 unspecified atom stereocenters. The molecule has 1 aromatic heterocycles. The summed E-state index contributed by atoms with van der Waals surface area (Å²) in [6.45, 7) is 5.41. The van der Waals surface area contributed by atoms with Crippen LogP contribution in [0.1, 0.15) is 10.6 Å². The molecule has 0 saturated carbocycles. The summed E-state index contributed by atoms with van der Waals surface area (Å²) in [5.74, 6) is -0.166. The molecule has 2 heterocycles. The number of likely N-dealkylation sites (N-methyl/N-ethyl adjacent to an activating group) is 1. The molecule has 4 rings (SSSR count). The summed E-state index contributed by atoms with van der Waals surface area (Å²) < 4.78 is 14.3. The smallest absolute Gasteiger partial charge is 0.236 e. The largest absolute Gasteiger partial charge is 0.340 e. The number of benzene rings is 2. The summed E-state index contributed by atoms with van der Waals surface area (Å²) in [4.78, 5) is 23.6. The van der Waals surface area contributed by atoms with Gasteiger partial charge >= 0.3 is 0 Å². The van der Waals surface area contributed by atoms with Gasteiger partial charge < -0.3 is 4.90 Å². The van der Waals surface area contributed by atoms with Gasteiger partial charge in [0.15, 0.2) is 0 Å². The number of fused-ring (bicyclic) bond motifs is 1. The molecule has 0 N–H and O–H groups in total. The van der Waals surface area contributed by atoms with Crippen LogP contribution in [0.3, 0.4) is 0 Å². The van der Waals surface area contributed by atoms with Crippen LogP contribution in [0.15, 0.2) is 48.5 Å². The van der Waals surface area contributed by atoms with E-state index in [2.05, 4.69) is 21.9 Å². The van der Waals surface area contributed by atoms with E-state index in [1.54, 1.807) is 35.4 Å². The molecule has 3 aromatic rings. The number of hydrogen-bond acceptors (Lipinski definition) is 5. The van der Waals surface area contributed by atoms with Crippen LogP contribution in [-0.4, -0.2) is 65.4 Å². The number of thiazole rings is 1. The fraction of sp³-hybridized carbons (Fsp3) is 0.364. The lowest BCUT2D eigenvalue weighted by molar-refractivity contribution is -0.132. The van der Waals surface area contributed by atoms with Crippen molar-refractivity contribution in [2.75, 3.05) is 39.8 Å². The van der Waals surface area contributed by atoms with E-state index in [-0.39, 0.29) is 11.7 Å². The number of piperazine rings is 1. The summed E-state index contributed by atoms with van der Waals surface area (Å²) in [6, 6.07) is 14.5. The van der Waals surface area contributed by atoms with Crippen molar-refractivity contribution in [3.8, 4) is 0 Å². The third-order valence-electron chi connectivity index (χ3n) is 5.28. The van der Waals surface area contributed by atoms with E-state index >= 15 is 0 Å². The van der Waals surface area contributed by atoms with Gasteiger partial charge in [-0.1, -0.05) is 24.3 Å². The Morgan fingerprint density at radius 3 is 2.48 bits per heavy atom. The minimum Gasteiger partial charge on any atom is -0.340 e. The fourth-order valence-corrected chi connectivity index (χ4v) is 4.56. The quantitative estimate of drug-likeness (QED) is 0.623. The molecule has 0 atom stereocenters. The van der Waals surface area contributed by atoms with Crippen molar-refractivity contribution in [2.24, 2.45) is 0 Å². The molecule has 1 aliphatic rings. The Balaban J connectivity index is 1.23. The van der Waals surface area contributed by atoms with Crippen LogP contribution < -0.4 is 0 Å². The predicted molar refractivity (Wildman–Crippen MR) is 114 cm³/mol. The molecule has 1 aliphatic heterocycles. The van der Waals surface area contributed by atoms with Crippen LogP contribution in [0.25, 0.3) is 10.2 Å². The summed E-state index contributed by atoms with van der Waals surface area (Å²) >= 11 is 1.76. The van der Waals surface area contributed by atoms with Crippen molar-refractivity contribution in [2.45, 2.75) is 13.1 Å². The van der Waals surface area contributed by atoms with E-state index in [0.29, 0.717) is 13.1 Å². The van der Waals surface area contributed by atoms with Crippen molar-refractivity contribution in [3.63, 3.8) is 0 Å². The standard InChI is InChI=1S/C22H25FN4OS/c1-25(14-17-6-8-18(23)9-7-17)22(28)16-27-12-10-26(11-13-27)15-21-24-19-4-2-3-5-20(19)29-21/h2-9H,10-16H2,1H3. The van der Waals surface area contributed by atoms with Gasteiger partial charge in [-0.3, -0.25) is 14.6 Å². The zero-order valence-corrected chi connectivity index (χ0v) is 17.4. The molecule has 7 heteroatoms. The number of rotatable bonds is 6.